The topological polar surface area (TPSA) is 24.5 Å². The van der Waals surface area contributed by atoms with E-state index in [9.17, 15) is 4.39 Å². The van der Waals surface area contributed by atoms with Crippen LogP contribution >= 0.6 is 0 Å². The quantitative estimate of drug-likeness (QED) is 0.832. The van der Waals surface area contributed by atoms with Crippen molar-refractivity contribution in [1.29, 1.82) is 0 Å². The summed E-state index contributed by atoms with van der Waals surface area (Å²) in [5.41, 5.74) is 2.05. The van der Waals surface area contributed by atoms with E-state index in [0.29, 0.717) is 13.2 Å². The molecule has 0 aliphatic rings. The third-order valence-corrected chi connectivity index (χ3v) is 3.44. The third-order valence-electron chi connectivity index (χ3n) is 3.44. The first-order chi connectivity index (χ1) is 9.78. The Bertz CT molecular complexity index is 443. The van der Waals surface area contributed by atoms with Crippen molar-refractivity contribution < 1.29 is 9.13 Å². The van der Waals surface area contributed by atoms with Gasteiger partial charge in [-0.25, -0.2) is 4.39 Å². The van der Waals surface area contributed by atoms with Gasteiger partial charge in [0.25, 0.3) is 0 Å². The predicted molar refractivity (Wildman–Crippen MR) is 87.4 cm³/mol. The molecule has 3 nitrogen and oxygen atoms in total. The maximum absolute atomic E-state index is 13.6. The highest BCUT2D eigenvalue weighted by molar-refractivity contribution is 5.54. The van der Waals surface area contributed by atoms with Crippen molar-refractivity contribution >= 4 is 5.69 Å². The summed E-state index contributed by atoms with van der Waals surface area (Å²) >= 11 is 0. The zero-order valence-electron chi connectivity index (χ0n) is 14.2. The SMILES string of the molecule is CCN(c1ccc(F)cc1CNC(C)(C)C)C(C)COC. The van der Waals surface area contributed by atoms with E-state index in [0.717, 1.165) is 17.8 Å². The lowest BCUT2D eigenvalue weighted by atomic mass is 10.1. The minimum Gasteiger partial charge on any atom is -0.383 e. The van der Waals surface area contributed by atoms with Gasteiger partial charge in [0, 0.05) is 37.5 Å². The molecule has 21 heavy (non-hydrogen) atoms. The number of anilines is 1. The van der Waals surface area contributed by atoms with Crippen molar-refractivity contribution in [1.82, 2.24) is 5.32 Å². The van der Waals surface area contributed by atoms with Crippen molar-refractivity contribution in [3.63, 3.8) is 0 Å². The Labute approximate surface area is 128 Å². The van der Waals surface area contributed by atoms with E-state index in [2.05, 4.69) is 44.8 Å². The van der Waals surface area contributed by atoms with Crippen LogP contribution in [0.1, 0.15) is 40.2 Å². The van der Waals surface area contributed by atoms with Crippen LogP contribution in [0.15, 0.2) is 18.2 Å². The van der Waals surface area contributed by atoms with Crippen LogP contribution in [-0.2, 0) is 11.3 Å². The molecule has 1 N–H and O–H groups in total. The van der Waals surface area contributed by atoms with Crippen molar-refractivity contribution in [2.75, 3.05) is 25.2 Å². The first kappa shape index (κ1) is 17.9. The second-order valence-corrected chi connectivity index (χ2v) is 6.47. The van der Waals surface area contributed by atoms with E-state index in [1.807, 2.05) is 6.07 Å². The van der Waals surface area contributed by atoms with E-state index in [1.165, 1.54) is 6.07 Å². The number of hydrogen-bond donors (Lipinski definition) is 1. The molecule has 0 amide bonds. The monoisotopic (exact) mass is 296 g/mol. The van der Waals surface area contributed by atoms with Gasteiger partial charge >= 0.3 is 0 Å². The number of likely N-dealkylation sites (N-methyl/N-ethyl adjacent to an activating group) is 1. The largest absolute Gasteiger partial charge is 0.383 e. The van der Waals surface area contributed by atoms with Gasteiger partial charge in [-0.05, 0) is 58.4 Å². The van der Waals surface area contributed by atoms with Gasteiger partial charge in [0.15, 0.2) is 0 Å². The van der Waals surface area contributed by atoms with E-state index in [1.54, 1.807) is 13.2 Å². The molecule has 4 heteroatoms. The number of nitrogens with zero attached hydrogens (tertiary/aromatic N) is 1. The van der Waals surface area contributed by atoms with Crippen LogP contribution in [-0.4, -0.2) is 31.8 Å². The Morgan fingerprint density at radius 3 is 2.52 bits per heavy atom. The number of halogens is 1. The summed E-state index contributed by atoms with van der Waals surface area (Å²) in [5, 5.41) is 3.43. The minimum atomic E-state index is -0.195. The highest BCUT2D eigenvalue weighted by atomic mass is 19.1. The third kappa shape index (κ3) is 5.64. The number of nitrogens with one attached hydrogen (secondary N) is 1. The molecule has 0 saturated carbocycles. The average molecular weight is 296 g/mol. The molecule has 0 fully saturated rings. The Kier molecular flexibility index (Phi) is 6.62. The van der Waals surface area contributed by atoms with Gasteiger partial charge in [0.1, 0.15) is 5.82 Å². The summed E-state index contributed by atoms with van der Waals surface area (Å²) in [6, 6.07) is 5.26. The van der Waals surface area contributed by atoms with Crippen molar-refractivity contribution in [3.05, 3.63) is 29.6 Å². The maximum atomic E-state index is 13.6. The molecule has 0 aromatic heterocycles. The van der Waals surface area contributed by atoms with Gasteiger partial charge in [-0.15, -0.1) is 0 Å². The molecular formula is C17H29FN2O. The fraction of sp³-hybridized carbons (Fsp3) is 0.647. The van der Waals surface area contributed by atoms with Crippen LogP contribution in [0, 0.1) is 5.82 Å². The summed E-state index contributed by atoms with van der Waals surface area (Å²) in [4.78, 5) is 2.25. The number of ether oxygens (including phenoxy) is 1. The highest BCUT2D eigenvalue weighted by Crippen LogP contribution is 2.24. The van der Waals surface area contributed by atoms with Gasteiger partial charge < -0.3 is 15.0 Å². The smallest absolute Gasteiger partial charge is 0.123 e. The molecule has 0 bridgehead atoms. The van der Waals surface area contributed by atoms with Crippen molar-refractivity contribution in [2.24, 2.45) is 0 Å². The van der Waals surface area contributed by atoms with Crippen LogP contribution < -0.4 is 10.2 Å². The summed E-state index contributed by atoms with van der Waals surface area (Å²) < 4.78 is 18.9. The Morgan fingerprint density at radius 2 is 2.00 bits per heavy atom. The molecular weight excluding hydrogens is 267 g/mol. The maximum Gasteiger partial charge on any atom is 0.123 e. The van der Waals surface area contributed by atoms with Crippen LogP contribution in [0.4, 0.5) is 10.1 Å². The molecule has 1 aromatic carbocycles. The van der Waals surface area contributed by atoms with E-state index >= 15 is 0 Å². The number of hydrogen-bond acceptors (Lipinski definition) is 3. The Hall–Kier alpha value is -1.13. The van der Waals surface area contributed by atoms with Gasteiger partial charge in [-0.3, -0.25) is 0 Å². The second kappa shape index (κ2) is 7.76. The lowest BCUT2D eigenvalue weighted by molar-refractivity contribution is 0.182. The lowest BCUT2D eigenvalue weighted by Crippen LogP contribution is -2.38. The zero-order valence-corrected chi connectivity index (χ0v) is 14.2. The Balaban J connectivity index is 3.03. The molecule has 1 rings (SSSR count). The van der Waals surface area contributed by atoms with Crippen LogP contribution in [0.2, 0.25) is 0 Å². The number of benzene rings is 1. The molecule has 1 unspecified atom stereocenters. The summed E-state index contributed by atoms with van der Waals surface area (Å²) in [6.45, 7) is 12.7. The standard InChI is InChI=1S/C17H29FN2O/c1-7-20(13(2)12-21-6)16-9-8-15(18)10-14(16)11-19-17(3,4)5/h8-10,13,19H,7,11-12H2,1-6H3. The molecule has 0 aliphatic heterocycles. The van der Waals surface area contributed by atoms with E-state index in [-0.39, 0.29) is 17.4 Å². The fourth-order valence-corrected chi connectivity index (χ4v) is 2.39. The molecule has 120 valence electrons. The minimum absolute atomic E-state index is 0.00121. The number of rotatable bonds is 7. The van der Waals surface area contributed by atoms with Crippen LogP contribution in [0.25, 0.3) is 0 Å². The van der Waals surface area contributed by atoms with Gasteiger partial charge in [0.2, 0.25) is 0 Å². The van der Waals surface area contributed by atoms with Gasteiger partial charge in [0.05, 0.1) is 6.61 Å². The average Bonchev–Trinajstić information content (AvgIpc) is 2.38. The Morgan fingerprint density at radius 1 is 1.33 bits per heavy atom. The van der Waals surface area contributed by atoms with Crippen LogP contribution in [0.3, 0.4) is 0 Å². The van der Waals surface area contributed by atoms with E-state index < -0.39 is 0 Å². The first-order valence-corrected chi connectivity index (χ1v) is 7.57. The molecule has 0 heterocycles. The molecule has 1 atom stereocenters. The molecule has 0 saturated heterocycles. The van der Waals surface area contributed by atoms with Gasteiger partial charge in [-0.1, -0.05) is 0 Å². The fourth-order valence-electron chi connectivity index (χ4n) is 2.39. The zero-order chi connectivity index (χ0) is 16.0. The predicted octanol–water partition coefficient (Wildman–Crippen LogP) is 3.58. The first-order valence-electron chi connectivity index (χ1n) is 7.57. The molecule has 1 aromatic rings. The van der Waals surface area contributed by atoms with Crippen molar-refractivity contribution in [2.45, 2.75) is 52.7 Å². The van der Waals surface area contributed by atoms with Gasteiger partial charge in [-0.2, -0.15) is 0 Å². The molecule has 0 spiro atoms. The highest BCUT2D eigenvalue weighted by Gasteiger charge is 2.18. The number of methoxy groups -OCH3 is 1. The van der Waals surface area contributed by atoms with E-state index in [4.69, 9.17) is 4.74 Å². The second-order valence-electron chi connectivity index (χ2n) is 6.47. The summed E-state index contributed by atoms with van der Waals surface area (Å²) in [5.74, 6) is -0.195. The summed E-state index contributed by atoms with van der Waals surface area (Å²) in [7, 11) is 1.71. The van der Waals surface area contributed by atoms with Crippen molar-refractivity contribution in [3.8, 4) is 0 Å². The lowest BCUT2D eigenvalue weighted by Gasteiger charge is -2.32. The molecule has 0 aliphatic carbocycles. The molecule has 0 radical (unpaired) electrons. The summed E-state index contributed by atoms with van der Waals surface area (Å²) in [6.07, 6.45) is 0. The van der Waals surface area contributed by atoms with Crippen LogP contribution in [0.5, 0.6) is 0 Å². The normalized spacial score (nSPS) is 13.3.